The smallest absolute Gasteiger partial charge is 0.0814 e. The van der Waals surface area contributed by atoms with Crippen molar-refractivity contribution in [2.75, 3.05) is 6.54 Å². The van der Waals surface area contributed by atoms with Gasteiger partial charge in [-0.15, -0.1) is 0 Å². The number of nitrogens with zero attached hydrogens (tertiary/aromatic N) is 2. The van der Waals surface area contributed by atoms with E-state index in [0.717, 1.165) is 18.7 Å². The van der Waals surface area contributed by atoms with Gasteiger partial charge in [-0.05, 0) is 18.1 Å². The summed E-state index contributed by atoms with van der Waals surface area (Å²) < 4.78 is 0. The van der Waals surface area contributed by atoms with Crippen molar-refractivity contribution in [1.29, 1.82) is 0 Å². The standard InChI is InChI=1S/C8H8N2/c1-2-7-3-5-9-6-8(7)10-4-1/h1,3-5H,2,6H2. The number of allylic oxidation sites excluding steroid dienone is 2. The summed E-state index contributed by atoms with van der Waals surface area (Å²) in [4.78, 5) is 8.30. The molecule has 0 aromatic heterocycles. The molecule has 50 valence electrons. The first-order chi connectivity index (χ1) is 4.97. The van der Waals surface area contributed by atoms with Crippen molar-refractivity contribution in [2.45, 2.75) is 6.42 Å². The maximum Gasteiger partial charge on any atom is 0.0814 e. The summed E-state index contributed by atoms with van der Waals surface area (Å²) in [6, 6.07) is 0. The summed E-state index contributed by atoms with van der Waals surface area (Å²) in [6.45, 7) is 0.760. The molecule has 0 aromatic carbocycles. The Balaban J connectivity index is 2.38. The van der Waals surface area contributed by atoms with E-state index in [1.54, 1.807) is 0 Å². The Kier molecular flexibility index (Phi) is 1.24. The predicted molar refractivity (Wildman–Crippen MR) is 42.6 cm³/mol. The second-order valence-electron chi connectivity index (χ2n) is 2.35. The Morgan fingerprint density at radius 3 is 3.30 bits per heavy atom. The van der Waals surface area contributed by atoms with E-state index < -0.39 is 0 Å². The van der Waals surface area contributed by atoms with Crippen molar-refractivity contribution in [3.63, 3.8) is 0 Å². The van der Waals surface area contributed by atoms with Gasteiger partial charge in [0.15, 0.2) is 0 Å². The lowest BCUT2D eigenvalue weighted by molar-refractivity contribution is 1.17. The van der Waals surface area contributed by atoms with E-state index in [4.69, 9.17) is 0 Å². The van der Waals surface area contributed by atoms with Crippen LogP contribution < -0.4 is 0 Å². The molecule has 2 heteroatoms. The van der Waals surface area contributed by atoms with E-state index in [9.17, 15) is 0 Å². The maximum atomic E-state index is 4.21. The summed E-state index contributed by atoms with van der Waals surface area (Å²) >= 11 is 0. The van der Waals surface area contributed by atoms with Crippen LogP contribution in [0.4, 0.5) is 0 Å². The van der Waals surface area contributed by atoms with E-state index in [0.29, 0.717) is 0 Å². The first-order valence-electron chi connectivity index (χ1n) is 3.38. The molecule has 0 spiro atoms. The lowest BCUT2D eigenvalue weighted by Crippen LogP contribution is -2.12. The van der Waals surface area contributed by atoms with Crippen molar-refractivity contribution in [3.8, 4) is 0 Å². The minimum atomic E-state index is 0.760. The molecule has 0 fully saturated rings. The molecule has 0 saturated carbocycles. The fraction of sp³-hybridized carbons (Fsp3) is 0.250. The second-order valence-corrected chi connectivity index (χ2v) is 2.35. The third kappa shape index (κ3) is 0.817. The summed E-state index contributed by atoms with van der Waals surface area (Å²) in [7, 11) is 0. The van der Waals surface area contributed by atoms with Gasteiger partial charge in [-0.3, -0.25) is 9.98 Å². The first-order valence-corrected chi connectivity index (χ1v) is 3.38. The van der Waals surface area contributed by atoms with Crippen LogP contribution in [0.2, 0.25) is 0 Å². The quantitative estimate of drug-likeness (QED) is 0.475. The van der Waals surface area contributed by atoms with Gasteiger partial charge in [-0.1, -0.05) is 6.08 Å². The Bertz CT molecular complexity index is 228. The highest BCUT2D eigenvalue weighted by atomic mass is 14.8. The van der Waals surface area contributed by atoms with Crippen LogP contribution in [0.5, 0.6) is 0 Å². The molecule has 2 heterocycles. The molecule has 0 unspecified atom stereocenters. The molecule has 0 saturated heterocycles. The lowest BCUT2D eigenvalue weighted by Gasteiger charge is -2.11. The number of hydrogen-bond acceptors (Lipinski definition) is 2. The van der Waals surface area contributed by atoms with E-state index in [-0.39, 0.29) is 0 Å². The van der Waals surface area contributed by atoms with Crippen LogP contribution >= 0.6 is 0 Å². The molecular formula is C8H8N2. The molecule has 0 amide bonds. The van der Waals surface area contributed by atoms with Gasteiger partial charge in [0.05, 0.1) is 12.3 Å². The average Bonchev–Trinajstić information content (AvgIpc) is 2.05. The monoisotopic (exact) mass is 132 g/mol. The van der Waals surface area contributed by atoms with Gasteiger partial charge in [0, 0.05) is 12.4 Å². The largest absolute Gasteiger partial charge is 0.287 e. The Morgan fingerprint density at radius 2 is 2.40 bits per heavy atom. The van der Waals surface area contributed by atoms with Gasteiger partial charge in [0.2, 0.25) is 0 Å². The fourth-order valence-corrected chi connectivity index (χ4v) is 1.11. The highest BCUT2D eigenvalue weighted by Crippen LogP contribution is 2.12. The lowest BCUT2D eigenvalue weighted by atomic mass is 10.0. The van der Waals surface area contributed by atoms with Crippen LogP contribution in [0.25, 0.3) is 0 Å². The van der Waals surface area contributed by atoms with Crippen molar-refractivity contribution in [1.82, 2.24) is 0 Å². The van der Waals surface area contributed by atoms with Gasteiger partial charge in [0.25, 0.3) is 0 Å². The van der Waals surface area contributed by atoms with Crippen molar-refractivity contribution in [2.24, 2.45) is 9.98 Å². The highest BCUT2D eigenvalue weighted by Gasteiger charge is 2.08. The van der Waals surface area contributed by atoms with Crippen LogP contribution in [0.1, 0.15) is 6.42 Å². The third-order valence-electron chi connectivity index (χ3n) is 1.67. The van der Waals surface area contributed by atoms with Gasteiger partial charge in [-0.25, -0.2) is 0 Å². The Hall–Kier alpha value is -1.18. The first kappa shape index (κ1) is 5.59. The molecule has 2 aliphatic heterocycles. The summed E-state index contributed by atoms with van der Waals surface area (Å²) in [5.74, 6) is 0. The molecule has 2 aliphatic rings. The molecular weight excluding hydrogens is 124 g/mol. The summed E-state index contributed by atoms with van der Waals surface area (Å²) in [5.41, 5.74) is 2.45. The molecule has 0 aromatic rings. The van der Waals surface area contributed by atoms with Gasteiger partial charge in [-0.2, -0.15) is 0 Å². The number of aliphatic imine (C=N–C) groups is 2. The van der Waals surface area contributed by atoms with Crippen LogP contribution in [-0.4, -0.2) is 18.5 Å². The number of fused-ring (bicyclic) bond motifs is 1. The average molecular weight is 132 g/mol. The normalized spacial score (nSPS) is 21.6. The van der Waals surface area contributed by atoms with E-state index >= 15 is 0 Å². The Morgan fingerprint density at radius 1 is 1.40 bits per heavy atom. The van der Waals surface area contributed by atoms with E-state index in [2.05, 4.69) is 16.1 Å². The van der Waals surface area contributed by atoms with Gasteiger partial charge >= 0.3 is 0 Å². The van der Waals surface area contributed by atoms with Gasteiger partial charge in [0.1, 0.15) is 0 Å². The minimum Gasteiger partial charge on any atom is -0.287 e. The van der Waals surface area contributed by atoms with Crippen LogP contribution in [0, 0.1) is 0 Å². The third-order valence-corrected chi connectivity index (χ3v) is 1.67. The summed E-state index contributed by atoms with van der Waals surface area (Å²) in [5, 5.41) is 0. The number of hydrogen-bond donors (Lipinski definition) is 0. The number of dihydropyridines is 1. The van der Waals surface area contributed by atoms with Crippen molar-refractivity contribution >= 4 is 11.9 Å². The minimum absolute atomic E-state index is 0.760. The Labute approximate surface area is 59.7 Å². The van der Waals surface area contributed by atoms with Crippen molar-refractivity contribution in [3.05, 3.63) is 23.9 Å². The summed E-state index contributed by atoms with van der Waals surface area (Å²) in [6.07, 6.45) is 8.83. The van der Waals surface area contributed by atoms with E-state index in [1.807, 2.05) is 18.5 Å². The zero-order valence-electron chi connectivity index (χ0n) is 5.62. The van der Waals surface area contributed by atoms with Gasteiger partial charge < -0.3 is 0 Å². The van der Waals surface area contributed by atoms with Crippen LogP contribution in [0.3, 0.4) is 0 Å². The molecule has 0 N–H and O–H groups in total. The van der Waals surface area contributed by atoms with Crippen molar-refractivity contribution < 1.29 is 0 Å². The van der Waals surface area contributed by atoms with Crippen LogP contribution in [-0.2, 0) is 0 Å². The molecule has 0 atom stereocenters. The molecule has 0 radical (unpaired) electrons. The maximum absolute atomic E-state index is 4.21. The zero-order valence-corrected chi connectivity index (χ0v) is 5.62. The molecule has 0 aliphatic carbocycles. The van der Waals surface area contributed by atoms with E-state index in [1.165, 1.54) is 5.57 Å². The molecule has 10 heavy (non-hydrogen) atoms. The number of rotatable bonds is 0. The SMILES string of the molecule is C1=CN=C2CN=CC=C2C1. The molecule has 2 rings (SSSR count). The zero-order chi connectivity index (χ0) is 6.81. The van der Waals surface area contributed by atoms with Crippen LogP contribution in [0.15, 0.2) is 33.9 Å². The second kappa shape index (κ2) is 2.21. The topological polar surface area (TPSA) is 24.7 Å². The highest BCUT2D eigenvalue weighted by molar-refractivity contribution is 6.07. The predicted octanol–water partition coefficient (Wildman–Crippen LogP) is 1.36. The molecule has 2 nitrogen and oxygen atoms in total. The molecule has 0 bridgehead atoms. The fourth-order valence-electron chi connectivity index (χ4n) is 1.11.